The Labute approximate surface area is 412 Å². The summed E-state index contributed by atoms with van der Waals surface area (Å²) in [5.74, 6) is 0. The molecule has 1 aromatic heterocycles. The highest BCUT2D eigenvalue weighted by Gasteiger charge is 2.52. The molecule has 0 fully saturated rings. The van der Waals surface area contributed by atoms with Crippen molar-refractivity contribution in [2.45, 2.75) is 5.41 Å². The van der Waals surface area contributed by atoms with E-state index in [0.29, 0.717) is 0 Å². The third-order valence-corrected chi connectivity index (χ3v) is 15.5. The van der Waals surface area contributed by atoms with Crippen molar-refractivity contribution >= 4 is 60.5 Å². The molecule has 1 heterocycles. The zero-order valence-corrected chi connectivity index (χ0v) is 38.7. The highest BCUT2D eigenvalue weighted by Crippen LogP contribution is 2.65. The number of anilines is 3. The average molecular weight is 902 g/mol. The van der Waals surface area contributed by atoms with E-state index in [9.17, 15) is 0 Å². The second-order valence-electron chi connectivity index (χ2n) is 19.1. The summed E-state index contributed by atoms with van der Waals surface area (Å²) in [7, 11) is 0. The van der Waals surface area contributed by atoms with E-state index in [1.54, 1.807) is 0 Å². The SMILES string of the molecule is c1ccc(N(c2ccc(-c3ccc(-c4cccc5ccccc45)cc3)cc2)c2cccc3c2-c2ccccc2C32c3ccccc3-c3ccccc32)c(-c2ccc3oc4cc5ccccc5cc4c3c2)c1. The molecule has 0 saturated heterocycles. The van der Waals surface area contributed by atoms with Gasteiger partial charge in [0.15, 0.2) is 0 Å². The molecule has 0 N–H and O–H groups in total. The van der Waals surface area contributed by atoms with Gasteiger partial charge in [-0.2, -0.15) is 0 Å². The predicted octanol–water partition coefficient (Wildman–Crippen LogP) is 18.7. The quantitative estimate of drug-likeness (QED) is 0.165. The number of hydrogen-bond acceptors (Lipinski definition) is 2. The maximum absolute atomic E-state index is 6.53. The maximum Gasteiger partial charge on any atom is 0.136 e. The van der Waals surface area contributed by atoms with Crippen LogP contribution in [0.3, 0.4) is 0 Å². The van der Waals surface area contributed by atoms with Gasteiger partial charge in [0.25, 0.3) is 0 Å². The molecule has 0 amide bonds. The molecule has 15 rings (SSSR count). The zero-order chi connectivity index (χ0) is 46.6. The van der Waals surface area contributed by atoms with Crippen molar-refractivity contribution in [3.63, 3.8) is 0 Å². The Bertz CT molecular complexity index is 4240. The van der Waals surface area contributed by atoms with Gasteiger partial charge in [-0.3, -0.25) is 0 Å². The smallest absolute Gasteiger partial charge is 0.136 e. The van der Waals surface area contributed by atoms with Gasteiger partial charge in [0.05, 0.1) is 16.8 Å². The lowest BCUT2D eigenvalue weighted by Gasteiger charge is -2.32. The summed E-state index contributed by atoms with van der Waals surface area (Å²) in [6.07, 6.45) is 0. The van der Waals surface area contributed by atoms with Crippen LogP contribution < -0.4 is 4.90 Å². The number of benzene rings is 12. The minimum absolute atomic E-state index is 0.472. The van der Waals surface area contributed by atoms with E-state index in [-0.39, 0.29) is 0 Å². The van der Waals surface area contributed by atoms with Crippen LogP contribution in [-0.2, 0) is 5.41 Å². The summed E-state index contributed by atoms with van der Waals surface area (Å²) in [5.41, 5.74) is 22.1. The van der Waals surface area contributed by atoms with Crippen LogP contribution in [-0.4, -0.2) is 0 Å². The van der Waals surface area contributed by atoms with Crippen molar-refractivity contribution in [1.29, 1.82) is 0 Å². The molecule has 330 valence electrons. The summed E-state index contributed by atoms with van der Waals surface area (Å²) in [4.78, 5) is 2.51. The molecule has 0 atom stereocenters. The van der Waals surface area contributed by atoms with Gasteiger partial charge in [-0.1, -0.05) is 212 Å². The lowest BCUT2D eigenvalue weighted by Crippen LogP contribution is -2.26. The first kappa shape index (κ1) is 39.7. The van der Waals surface area contributed by atoms with Crippen molar-refractivity contribution in [2.24, 2.45) is 0 Å². The topological polar surface area (TPSA) is 16.4 Å². The Morgan fingerprint density at radius 2 is 0.775 bits per heavy atom. The molecule has 1 spiro atoms. The van der Waals surface area contributed by atoms with E-state index in [1.807, 2.05) is 0 Å². The molecule has 0 bridgehead atoms. The Morgan fingerprint density at radius 3 is 1.52 bits per heavy atom. The summed E-state index contributed by atoms with van der Waals surface area (Å²) in [6, 6.07) is 96.2. The van der Waals surface area contributed by atoms with Crippen LogP contribution in [0, 0.1) is 0 Å². The predicted molar refractivity (Wildman–Crippen MR) is 296 cm³/mol. The Balaban J connectivity index is 0.927. The van der Waals surface area contributed by atoms with E-state index >= 15 is 0 Å². The Morgan fingerprint density at radius 1 is 0.282 bits per heavy atom. The minimum Gasteiger partial charge on any atom is -0.456 e. The van der Waals surface area contributed by atoms with Gasteiger partial charge in [0.1, 0.15) is 11.2 Å². The maximum atomic E-state index is 6.53. The van der Waals surface area contributed by atoms with Gasteiger partial charge in [0, 0.05) is 27.6 Å². The van der Waals surface area contributed by atoms with Gasteiger partial charge in [0.2, 0.25) is 0 Å². The first-order valence-corrected chi connectivity index (χ1v) is 24.6. The van der Waals surface area contributed by atoms with E-state index in [4.69, 9.17) is 4.42 Å². The highest BCUT2D eigenvalue weighted by atomic mass is 16.3. The van der Waals surface area contributed by atoms with Crippen molar-refractivity contribution in [2.75, 3.05) is 4.90 Å². The van der Waals surface area contributed by atoms with Crippen LogP contribution in [0.1, 0.15) is 22.3 Å². The van der Waals surface area contributed by atoms with E-state index < -0.39 is 5.41 Å². The van der Waals surface area contributed by atoms with Crippen molar-refractivity contribution in [3.8, 4) is 55.6 Å². The highest BCUT2D eigenvalue weighted by molar-refractivity contribution is 6.12. The minimum atomic E-state index is -0.472. The van der Waals surface area contributed by atoms with Gasteiger partial charge < -0.3 is 9.32 Å². The molecule has 2 heteroatoms. The number of para-hydroxylation sites is 1. The van der Waals surface area contributed by atoms with Crippen molar-refractivity contribution < 1.29 is 4.42 Å². The van der Waals surface area contributed by atoms with Crippen LogP contribution in [0.25, 0.3) is 99.1 Å². The standard InChI is InChI=1S/C69H43NO/c1-2-17-49-43-67-59(41-48(49)16-1)58-42-50(37-40-66(58)71-67)54-20-8-12-29-64(54)70(51-38-35-45(36-39-51)44-31-33-47(34-32-44)53-24-13-18-46-15-3-4-19-52(46)53)65-30-14-28-63-68(65)57-23-7-11-27-62(57)69(63)60-25-9-5-21-55(60)56-22-6-10-26-61(56)69/h1-43H. The number of furan rings is 1. The Kier molecular flexibility index (Phi) is 8.61. The van der Waals surface area contributed by atoms with Crippen LogP contribution in [0.2, 0.25) is 0 Å². The lowest BCUT2D eigenvalue weighted by atomic mass is 9.70. The van der Waals surface area contributed by atoms with Crippen LogP contribution in [0.15, 0.2) is 265 Å². The molecule has 0 unspecified atom stereocenters. The van der Waals surface area contributed by atoms with Gasteiger partial charge >= 0.3 is 0 Å². The normalized spacial score (nSPS) is 12.9. The fourth-order valence-corrected chi connectivity index (χ4v) is 12.4. The molecular formula is C69H43NO. The number of fused-ring (bicyclic) bond motifs is 15. The average Bonchev–Trinajstić information content (AvgIpc) is 4.06. The van der Waals surface area contributed by atoms with Crippen LogP contribution >= 0.6 is 0 Å². The molecule has 0 aliphatic heterocycles. The molecule has 2 aliphatic rings. The molecule has 0 saturated carbocycles. The summed E-state index contributed by atoms with van der Waals surface area (Å²) in [5, 5.41) is 7.12. The number of rotatable bonds is 6. The van der Waals surface area contributed by atoms with E-state index in [0.717, 1.165) is 55.7 Å². The Hall–Kier alpha value is -9.24. The molecule has 71 heavy (non-hydrogen) atoms. The third-order valence-electron chi connectivity index (χ3n) is 15.5. The van der Waals surface area contributed by atoms with Crippen molar-refractivity contribution in [1.82, 2.24) is 0 Å². The lowest BCUT2D eigenvalue weighted by molar-refractivity contribution is 0.669. The van der Waals surface area contributed by atoms with E-state index in [1.165, 1.54) is 82.7 Å². The number of hydrogen-bond donors (Lipinski definition) is 0. The van der Waals surface area contributed by atoms with Crippen LogP contribution in [0.5, 0.6) is 0 Å². The summed E-state index contributed by atoms with van der Waals surface area (Å²) in [6.45, 7) is 0. The zero-order valence-electron chi connectivity index (χ0n) is 38.7. The van der Waals surface area contributed by atoms with Gasteiger partial charge in [-0.15, -0.1) is 0 Å². The van der Waals surface area contributed by atoms with Crippen LogP contribution in [0.4, 0.5) is 17.1 Å². The molecule has 0 radical (unpaired) electrons. The second-order valence-corrected chi connectivity index (χ2v) is 19.1. The third kappa shape index (κ3) is 5.83. The number of nitrogens with zero attached hydrogens (tertiary/aromatic N) is 1. The van der Waals surface area contributed by atoms with Gasteiger partial charge in [-0.25, -0.2) is 0 Å². The monoisotopic (exact) mass is 901 g/mol. The molecule has 2 aliphatic carbocycles. The molecular weight excluding hydrogens is 859 g/mol. The van der Waals surface area contributed by atoms with Crippen molar-refractivity contribution in [3.05, 3.63) is 283 Å². The molecule has 13 aromatic rings. The second kappa shape index (κ2) is 15.4. The molecule has 12 aromatic carbocycles. The first-order valence-electron chi connectivity index (χ1n) is 24.6. The summed E-state index contributed by atoms with van der Waals surface area (Å²) < 4.78 is 6.53. The largest absolute Gasteiger partial charge is 0.456 e. The summed E-state index contributed by atoms with van der Waals surface area (Å²) >= 11 is 0. The van der Waals surface area contributed by atoms with E-state index in [2.05, 4.69) is 266 Å². The fraction of sp³-hybridized carbons (Fsp3) is 0.0145. The first-order chi connectivity index (χ1) is 35.2. The molecule has 2 nitrogen and oxygen atoms in total. The fourth-order valence-electron chi connectivity index (χ4n) is 12.4. The van der Waals surface area contributed by atoms with Gasteiger partial charge in [-0.05, 0) is 137 Å².